The summed E-state index contributed by atoms with van der Waals surface area (Å²) >= 11 is 0. The van der Waals surface area contributed by atoms with Crippen LogP contribution in [0.4, 0.5) is 5.69 Å². The van der Waals surface area contributed by atoms with Crippen LogP contribution in [-0.4, -0.2) is 43.2 Å². The Bertz CT molecular complexity index is 906. The van der Waals surface area contributed by atoms with Crippen LogP contribution in [0.25, 0.3) is 0 Å². The fraction of sp³-hybridized carbons (Fsp3) is 0.188. The van der Waals surface area contributed by atoms with E-state index < -0.39 is 10.0 Å². The smallest absolute Gasteiger partial charge is 0.244 e. The third-order valence-electron chi connectivity index (χ3n) is 3.77. The summed E-state index contributed by atoms with van der Waals surface area (Å²) in [5.74, 6) is -0.327. The molecule has 1 fully saturated rings. The van der Waals surface area contributed by atoms with Crippen LogP contribution >= 0.6 is 0 Å². The van der Waals surface area contributed by atoms with Crippen molar-refractivity contribution in [2.24, 2.45) is 0 Å². The van der Waals surface area contributed by atoms with E-state index in [0.29, 0.717) is 5.69 Å². The first-order valence-corrected chi connectivity index (χ1v) is 8.68. The number of benzene rings is 1. The molecule has 0 bridgehead atoms. The van der Waals surface area contributed by atoms with Crippen molar-refractivity contribution in [1.29, 1.82) is 5.26 Å². The normalized spacial score (nSPS) is 16.0. The van der Waals surface area contributed by atoms with Crippen molar-refractivity contribution in [2.45, 2.75) is 4.90 Å². The van der Waals surface area contributed by atoms with E-state index in [2.05, 4.69) is 4.98 Å². The van der Waals surface area contributed by atoms with Gasteiger partial charge in [-0.3, -0.25) is 9.78 Å². The monoisotopic (exact) mass is 342 g/mol. The number of sulfonamides is 1. The number of anilines is 1. The largest absolute Gasteiger partial charge is 0.308 e. The molecule has 8 heteroatoms. The average Bonchev–Trinajstić information content (AvgIpc) is 2.62. The zero-order chi connectivity index (χ0) is 17.2. The highest BCUT2D eigenvalue weighted by molar-refractivity contribution is 7.89. The summed E-state index contributed by atoms with van der Waals surface area (Å²) in [5.41, 5.74) is 0.705. The maximum absolute atomic E-state index is 12.7. The molecule has 0 unspecified atom stereocenters. The fourth-order valence-electron chi connectivity index (χ4n) is 2.57. The van der Waals surface area contributed by atoms with Gasteiger partial charge in [0.25, 0.3) is 0 Å². The summed E-state index contributed by atoms with van der Waals surface area (Å²) in [7, 11) is -3.90. The third-order valence-corrected chi connectivity index (χ3v) is 5.67. The van der Waals surface area contributed by atoms with Gasteiger partial charge in [0.2, 0.25) is 15.9 Å². The van der Waals surface area contributed by atoms with Crippen molar-refractivity contribution < 1.29 is 13.2 Å². The molecule has 0 spiro atoms. The van der Waals surface area contributed by atoms with Crippen LogP contribution in [0.2, 0.25) is 0 Å². The van der Waals surface area contributed by atoms with Gasteiger partial charge in [-0.15, -0.1) is 0 Å². The molecule has 1 aliphatic rings. The van der Waals surface area contributed by atoms with Gasteiger partial charge in [0.1, 0.15) is 6.07 Å². The zero-order valence-corrected chi connectivity index (χ0v) is 13.5. The van der Waals surface area contributed by atoms with Crippen LogP contribution < -0.4 is 4.90 Å². The highest BCUT2D eigenvalue weighted by Gasteiger charge is 2.34. The maximum atomic E-state index is 12.7. The van der Waals surface area contributed by atoms with Gasteiger partial charge in [-0.05, 0) is 24.3 Å². The standard InChI is InChI=1S/C16H14N4O3S/c17-10-13-4-1-2-6-15(13)24(22,23)19-8-9-20(16(21)12-19)14-5-3-7-18-11-14/h1-7,11H,8-9,12H2. The second-order valence-electron chi connectivity index (χ2n) is 5.20. The predicted molar refractivity (Wildman–Crippen MR) is 86.5 cm³/mol. The Kier molecular flexibility index (Phi) is 4.29. The van der Waals surface area contributed by atoms with Crippen molar-refractivity contribution in [3.8, 4) is 6.07 Å². The van der Waals surface area contributed by atoms with Crippen LogP contribution in [0.15, 0.2) is 53.7 Å². The van der Waals surface area contributed by atoms with Gasteiger partial charge in [-0.1, -0.05) is 12.1 Å². The number of aromatic nitrogens is 1. The lowest BCUT2D eigenvalue weighted by Gasteiger charge is -2.33. The molecule has 1 saturated heterocycles. The van der Waals surface area contributed by atoms with E-state index >= 15 is 0 Å². The molecule has 0 N–H and O–H groups in total. The quantitative estimate of drug-likeness (QED) is 0.829. The molecule has 24 heavy (non-hydrogen) atoms. The van der Waals surface area contributed by atoms with E-state index in [-0.39, 0.29) is 36.0 Å². The number of nitrogens with zero attached hydrogens (tertiary/aromatic N) is 4. The molecule has 1 aromatic carbocycles. The molecule has 1 aromatic heterocycles. The number of nitriles is 1. The first-order valence-electron chi connectivity index (χ1n) is 7.23. The molecule has 0 atom stereocenters. The van der Waals surface area contributed by atoms with E-state index in [1.165, 1.54) is 17.0 Å². The number of amides is 1. The molecular weight excluding hydrogens is 328 g/mol. The minimum atomic E-state index is -3.90. The van der Waals surface area contributed by atoms with Crippen molar-refractivity contribution in [3.05, 3.63) is 54.4 Å². The lowest BCUT2D eigenvalue weighted by molar-refractivity contribution is -0.119. The summed E-state index contributed by atoms with van der Waals surface area (Å²) in [6, 6.07) is 11.3. The highest BCUT2D eigenvalue weighted by Crippen LogP contribution is 2.23. The molecule has 1 amide bonds. The maximum Gasteiger partial charge on any atom is 0.244 e. The molecule has 0 radical (unpaired) electrons. The van der Waals surface area contributed by atoms with Gasteiger partial charge in [0, 0.05) is 19.3 Å². The van der Waals surface area contributed by atoms with Crippen LogP contribution in [-0.2, 0) is 14.8 Å². The number of piperazine rings is 1. The SMILES string of the molecule is N#Cc1ccccc1S(=O)(=O)N1CCN(c2cccnc2)C(=O)C1. The molecular formula is C16H14N4O3S. The zero-order valence-electron chi connectivity index (χ0n) is 12.7. The topological polar surface area (TPSA) is 94.4 Å². The number of carbonyl (C=O) groups excluding carboxylic acids is 1. The Hall–Kier alpha value is -2.76. The van der Waals surface area contributed by atoms with Crippen molar-refractivity contribution in [2.75, 3.05) is 24.5 Å². The van der Waals surface area contributed by atoms with E-state index in [1.54, 1.807) is 36.7 Å². The van der Waals surface area contributed by atoms with Crippen LogP contribution in [0.1, 0.15) is 5.56 Å². The van der Waals surface area contributed by atoms with E-state index in [1.807, 2.05) is 6.07 Å². The lowest BCUT2D eigenvalue weighted by atomic mass is 10.2. The Morgan fingerprint density at radius 1 is 1.12 bits per heavy atom. The summed E-state index contributed by atoms with van der Waals surface area (Å²) < 4.78 is 26.6. The summed E-state index contributed by atoms with van der Waals surface area (Å²) in [4.78, 5) is 17.8. The van der Waals surface area contributed by atoms with Crippen LogP contribution in [0, 0.1) is 11.3 Å². The van der Waals surface area contributed by atoms with Crippen LogP contribution in [0.5, 0.6) is 0 Å². The second kappa shape index (κ2) is 6.39. The van der Waals surface area contributed by atoms with E-state index in [9.17, 15) is 13.2 Å². The number of carbonyl (C=O) groups is 1. The first-order chi connectivity index (χ1) is 11.5. The number of rotatable bonds is 3. The Morgan fingerprint density at radius 2 is 1.92 bits per heavy atom. The molecule has 2 heterocycles. The van der Waals surface area contributed by atoms with Gasteiger partial charge in [-0.2, -0.15) is 9.57 Å². The summed E-state index contributed by atoms with van der Waals surface area (Å²) in [6.45, 7) is 0.123. The van der Waals surface area contributed by atoms with Gasteiger partial charge in [0.15, 0.2) is 0 Å². The minimum Gasteiger partial charge on any atom is -0.308 e. The second-order valence-corrected chi connectivity index (χ2v) is 7.11. The van der Waals surface area contributed by atoms with Crippen molar-refractivity contribution >= 4 is 21.6 Å². The first kappa shape index (κ1) is 16.1. The van der Waals surface area contributed by atoms with Gasteiger partial charge in [-0.25, -0.2) is 8.42 Å². The number of pyridine rings is 1. The van der Waals surface area contributed by atoms with Crippen molar-refractivity contribution in [3.63, 3.8) is 0 Å². The van der Waals surface area contributed by atoms with Crippen LogP contribution in [0.3, 0.4) is 0 Å². The molecule has 122 valence electrons. The Morgan fingerprint density at radius 3 is 2.58 bits per heavy atom. The molecule has 0 aliphatic carbocycles. The molecule has 2 aromatic rings. The molecule has 7 nitrogen and oxygen atoms in total. The molecule has 1 aliphatic heterocycles. The van der Waals surface area contributed by atoms with Gasteiger partial charge >= 0.3 is 0 Å². The van der Waals surface area contributed by atoms with Gasteiger partial charge < -0.3 is 4.90 Å². The summed E-state index contributed by atoms with van der Waals surface area (Å²) in [6.07, 6.45) is 3.17. The predicted octanol–water partition coefficient (Wildman–Crippen LogP) is 0.991. The number of hydrogen-bond acceptors (Lipinski definition) is 5. The number of hydrogen-bond donors (Lipinski definition) is 0. The highest BCUT2D eigenvalue weighted by atomic mass is 32.2. The van der Waals surface area contributed by atoms with E-state index in [0.717, 1.165) is 4.31 Å². The molecule has 0 saturated carbocycles. The fourth-order valence-corrected chi connectivity index (χ4v) is 4.09. The van der Waals surface area contributed by atoms with E-state index in [4.69, 9.17) is 5.26 Å². The Balaban J connectivity index is 1.86. The average molecular weight is 342 g/mol. The minimum absolute atomic E-state index is 0.0691. The molecule has 3 rings (SSSR count). The van der Waals surface area contributed by atoms with Gasteiger partial charge in [0.05, 0.1) is 28.9 Å². The van der Waals surface area contributed by atoms with Crippen molar-refractivity contribution in [1.82, 2.24) is 9.29 Å². The Labute approximate surface area is 139 Å². The third kappa shape index (κ3) is 2.87. The lowest BCUT2D eigenvalue weighted by Crippen LogP contribution is -2.52. The summed E-state index contributed by atoms with van der Waals surface area (Å²) in [5, 5.41) is 9.11.